The third-order valence-electron chi connectivity index (χ3n) is 3.13. The van der Waals surface area contributed by atoms with Crippen molar-refractivity contribution in [2.75, 3.05) is 17.5 Å². The molecule has 0 atom stereocenters. The number of halogens is 1. The molecule has 8 heteroatoms. The molecule has 0 aliphatic rings. The lowest BCUT2D eigenvalue weighted by Crippen LogP contribution is -2.34. The van der Waals surface area contributed by atoms with Crippen LogP contribution in [0.4, 0.5) is 10.1 Å². The Kier molecular flexibility index (Phi) is 4.82. The summed E-state index contributed by atoms with van der Waals surface area (Å²) in [6, 6.07) is 5.28. The van der Waals surface area contributed by atoms with Crippen LogP contribution in [0, 0.1) is 5.82 Å². The molecule has 0 aliphatic heterocycles. The fourth-order valence-corrected chi connectivity index (χ4v) is 3.33. The van der Waals surface area contributed by atoms with Gasteiger partial charge in [0.25, 0.3) is 10.0 Å². The van der Waals surface area contributed by atoms with Gasteiger partial charge in [0.1, 0.15) is 5.82 Å². The molecule has 0 unspecified atom stereocenters. The number of aliphatic hydroxyl groups is 1. The van der Waals surface area contributed by atoms with Gasteiger partial charge >= 0.3 is 0 Å². The number of nitrogens with zero attached hydrogens (tertiary/aromatic N) is 3. The maximum absolute atomic E-state index is 13.4. The minimum Gasteiger partial charge on any atom is -0.394 e. The number of aliphatic hydroxyl groups excluding tert-OH is 1. The van der Waals surface area contributed by atoms with Gasteiger partial charge in [-0.2, -0.15) is 8.42 Å². The van der Waals surface area contributed by atoms with Gasteiger partial charge in [0.2, 0.25) is 0 Å². The van der Waals surface area contributed by atoms with Crippen molar-refractivity contribution in [1.29, 1.82) is 0 Å². The lowest BCUT2D eigenvalue weighted by molar-refractivity contribution is 0.306. The standard InChI is InChI=1S/C14H18FN3O3S/c1-11(2)17-9-14(16-10-17)22(20,21)18(6-7-19)13-5-3-4-12(15)8-13/h3-5,8-11,19H,6-7H2,1-2H3. The molecule has 2 aromatic rings. The van der Waals surface area contributed by atoms with Gasteiger partial charge in [-0.15, -0.1) is 0 Å². The Labute approximate surface area is 128 Å². The molecule has 1 aromatic carbocycles. The Morgan fingerprint density at radius 2 is 2.14 bits per heavy atom. The van der Waals surface area contributed by atoms with E-state index in [2.05, 4.69) is 4.98 Å². The van der Waals surface area contributed by atoms with Crippen LogP contribution in [0.5, 0.6) is 0 Å². The quantitative estimate of drug-likeness (QED) is 0.878. The number of hydrogen-bond acceptors (Lipinski definition) is 4. The van der Waals surface area contributed by atoms with E-state index in [0.29, 0.717) is 0 Å². The van der Waals surface area contributed by atoms with E-state index >= 15 is 0 Å². The van der Waals surface area contributed by atoms with Gasteiger partial charge < -0.3 is 9.67 Å². The lowest BCUT2D eigenvalue weighted by atomic mass is 10.3. The summed E-state index contributed by atoms with van der Waals surface area (Å²) < 4.78 is 41.3. The molecular formula is C14H18FN3O3S. The van der Waals surface area contributed by atoms with Gasteiger partial charge in [0.05, 0.1) is 25.2 Å². The second-order valence-corrected chi connectivity index (χ2v) is 6.84. The minimum atomic E-state index is -3.97. The Hall–Kier alpha value is -1.93. The molecule has 0 bridgehead atoms. The Balaban J connectivity index is 2.45. The molecule has 6 nitrogen and oxygen atoms in total. The first-order valence-corrected chi connectivity index (χ1v) is 8.23. The largest absolute Gasteiger partial charge is 0.394 e. The Bertz CT molecular complexity index is 743. The maximum Gasteiger partial charge on any atom is 0.283 e. The topological polar surface area (TPSA) is 75.4 Å². The van der Waals surface area contributed by atoms with Crippen LogP contribution in [0.25, 0.3) is 0 Å². The fourth-order valence-electron chi connectivity index (χ4n) is 1.96. The van der Waals surface area contributed by atoms with Crippen molar-refractivity contribution in [2.24, 2.45) is 0 Å². The third-order valence-corrected chi connectivity index (χ3v) is 4.84. The van der Waals surface area contributed by atoms with Crippen molar-refractivity contribution in [3.8, 4) is 0 Å². The van der Waals surface area contributed by atoms with E-state index in [9.17, 15) is 12.8 Å². The van der Waals surface area contributed by atoms with Crippen molar-refractivity contribution in [3.63, 3.8) is 0 Å². The summed E-state index contributed by atoms with van der Waals surface area (Å²) in [5.74, 6) is -0.552. The van der Waals surface area contributed by atoms with Crippen LogP contribution in [0.3, 0.4) is 0 Å². The maximum atomic E-state index is 13.4. The molecule has 1 aromatic heterocycles. The number of imidazole rings is 1. The van der Waals surface area contributed by atoms with E-state index < -0.39 is 15.8 Å². The highest BCUT2D eigenvalue weighted by Gasteiger charge is 2.27. The molecule has 0 saturated heterocycles. The summed E-state index contributed by atoms with van der Waals surface area (Å²) in [6.45, 7) is 3.23. The number of hydrogen-bond donors (Lipinski definition) is 1. The fraction of sp³-hybridized carbons (Fsp3) is 0.357. The molecule has 0 aliphatic carbocycles. The van der Waals surface area contributed by atoms with E-state index in [1.165, 1.54) is 30.7 Å². The first kappa shape index (κ1) is 16.4. The van der Waals surface area contributed by atoms with Crippen LogP contribution in [-0.4, -0.2) is 36.2 Å². The zero-order valence-electron chi connectivity index (χ0n) is 12.3. The predicted molar refractivity (Wildman–Crippen MR) is 80.6 cm³/mol. The average molecular weight is 327 g/mol. The molecule has 1 heterocycles. The van der Waals surface area contributed by atoms with Gasteiger partial charge in [-0.3, -0.25) is 4.31 Å². The number of rotatable bonds is 6. The molecule has 22 heavy (non-hydrogen) atoms. The lowest BCUT2D eigenvalue weighted by Gasteiger charge is -2.22. The van der Waals surface area contributed by atoms with Crippen LogP contribution >= 0.6 is 0 Å². The Morgan fingerprint density at radius 3 is 2.68 bits per heavy atom. The van der Waals surface area contributed by atoms with E-state index in [1.807, 2.05) is 13.8 Å². The van der Waals surface area contributed by atoms with Gasteiger partial charge in [0.15, 0.2) is 5.03 Å². The van der Waals surface area contributed by atoms with E-state index in [0.717, 1.165) is 10.4 Å². The van der Waals surface area contributed by atoms with Crippen molar-refractivity contribution >= 4 is 15.7 Å². The molecule has 0 spiro atoms. The molecular weight excluding hydrogens is 309 g/mol. The summed E-state index contributed by atoms with van der Waals surface area (Å²) in [6.07, 6.45) is 2.85. The number of aromatic nitrogens is 2. The first-order valence-electron chi connectivity index (χ1n) is 6.79. The summed E-state index contributed by atoms with van der Waals surface area (Å²) >= 11 is 0. The molecule has 0 fully saturated rings. The van der Waals surface area contributed by atoms with Crippen LogP contribution < -0.4 is 4.31 Å². The highest BCUT2D eigenvalue weighted by Crippen LogP contribution is 2.23. The third kappa shape index (κ3) is 3.28. The summed E-state index contributed by atoms with van der Waals surface area (Å²) in [4.78, 5) is 3.92. The summed E-state index contributed by atoms with van der Waals surface area (Å²) in [5.41, 5.74) is 0.146. The summed E-state index contributed by atoms with van der Waals surface area (Å²) in [5, 5.41) is 9.01. The van der Waals surface area contributed by atoms with Crippen LogP contribution in [0.2, 0.25) is 0 Å². The van der Waals surface area contributed by atoms with Crippen molar-refractivity contribution < 1.29 is 17.9 Å². The van der Waals surface area contributed by atoms with Gasteiger partial charge in [-0.05, 0) is 32.0 Å². The van der Waals surface area contributed by atoms with E-state index in [4.69, 9.17) is 5.11 Å². The van der Waals surface area contributed by atoms with Gasteiger partial charge in [0, 0.05) is 12.2 Å². The van der Waals surface area contributed by atoms with Crippen LogP contribution in [0.15, 0.2) is 41.8 Å². The number of benzene rings is 1. The first-order chi connectivity index (χ1) is 10.4. The second kappa shape index (κ2) is 6.45. The van der Waals surface area contributed by atoms with Gasteiger partial charge in [-0.1, -0.05) is 6.07 Å². The zero-order chi connectivity index (χ0) is 16.3. The highest BCUT2D eigenvalue weighted by molar-refractivity contribution is 7.92. The zero-order valence-corrected chi connectivity index (χ0v) is 13.2. The molecule has 120 valence electrons. The van der Waals surface area contributed by atoms with Crippen molar-refractivity contribution in [1.82, 2.24) is 9.55 Å². The van der Waals surface area contributed by atoms with Gasteiger partial charge in [-0.25, -0.2) is 9.37 Å². The smallest absolute Gasteiger partial charge is 0.283 e. The highest BCUT2D eigenvalue weighted by atomic mass is 32.2. The monoisotopic (exact) mass is 327 g/mol. The molecule has 0 amide bonds. The van der Waals surface area contributed by atoms with Crippen LogP contribution in [0.1, 0.15) is 19.9 Å². The SMILES string of the molecule is CC(C)n1cnc(S(=O)(=O)N(CCO)c2cccc(F)c2)c1. The van der Waals surface area contributed by atoms with Crippen molar-refractivity contribution in [3.05, 3.63) is 42.6 Å². The minimum absolute atomic E-state index is 0.0666. The predicted octanol–water partition coefficient (Wildman–Crippen LogP) is 1.79. The second-order valence-electron chi connectivity index (χ2n) is 5.03. The molecule has 1 N–H and O–H groups in total. The molecule has 0 saturated carbocycles. The number of sulfonamides is 1. The normalized spacial score (nSPS) is 11.9. The van der Waals surface area contributed by atoms with E-state index in [1.54, 1.807) is 4.57 Å². The average Bonchev–Trinajstić information content (AvgIpc) is 2.95. The molecule has 0 radical (unpaired) electrons. The van der Waals surface area contributed by atoms with E-state index in [-0.39, 0.29) is 29.9 Å². The molecule has 2 rings (SSSR count). The Morgan fingerprint density at radius 1 is 1.41 bits per heavy atom. The summed E-state index contributed by atoms with van der Waals surface area (Å²) in [7, 11) is -3.97. The van der Waals surface area contributed by atoms with Crippen LogP contribution in [-0.2, 0) is 10.0 Å². The number of anilines is 1. The van der Waals surface area contributed by atoms with Crippen molar-refractivity contribution in [2.45, 2.75) is 24.9 Å².